The van der Waals surface area contributed by atoms with Gasteiger partial charge < -0.3 is 9.32 Å². The summed E-state index contributed by atoms with van der Waals surface area (Å²) in [4.78, 5) is 6.90. The lowest BCUT2D eigenvalue weighted by Crippen LogP contribution is -2.49. The van der Waals surface area contributed by atoms with E-state index in [9.17, 15) is 8.42 Å². The minimum absolute atomic E-state index is 0.0953. The van der Waals surface area contributed by atoms with Crippen LogP contribution in [0.5, 0.6) is 0 Å². The van der Waals surface area contributed by atoms with Crippen LogP contribution in [0.2, 0.25) is 5.02 Å². The molecule has 156 valence electrons. The largest absolute Gasteiger partial charge is 0.461 e. The molecule has 4 heterocycles. The Morgan fingerprint density at radius 3 is 2.63 bits per heavy atom. The van der Waals surface area contributed by atoms with Crippen LogP contribution in [0.1, 0.15) is 6.92 Å². The molecule has 1 aliphatic rings. The van der Waals surface area contributed by atoms with Gasteiger partial charge in [0.2, 0.25) is 21.8 Å². The number of aromatic nitrogens is 4. The molecule has 1 aromatic carbocycles. The van der Waals surface area contributed by atoms with Gasteiger partial charge in [0.1, 0.15) is 0 Å². The average molecular weight is 447 g/mol. The number of fused-ring (bicyclic) bond motifs is 3. The number of furan rings is 1. The minimum atomic E-state index is -3.22. The van der Waals surface area contributed by atoms with E-state index in [1.165, 1.54) is 4.31 Å². The molecule has 30 heavy (non-hydrogen) atoms. The van der Waals surface area contributed by atoms with Crippen molar-refractivity contribution >= 4 is 44.1 Å². The van der Waals surface area contributed by atoms with E-state index in [1.54, 1.807) is 31.4 Å². The Balaban J connectivity index is 1.65. The van der Waals surface area contributed by atoms with E-state index in [0.29, 0.717) is 59.9 Å². The lowest BCUT2D eigenvalue weighted by atomic mass is 10.2. The summed E-state index contributed by atoms with van der Waals surface area (Å²) in [5, 5.41) is 10.1. The maximum absolute atomic E-state index is 12.2. The summed E-state index contributed by atoms with van der Waals surface area (Å²) in [6.07, 6.45) is 1.58. The highest BCUT2D eigenvalue weighted by molar-refractivity contribution is 7.89. The molecule has 0 atom stereocenters. The van der Waals surface area contributed by atoms with Crippen LogP contribution in [0.4, 0.5) is 5.95 Å². The van der Waals surface area contributed by atoms with Gasteiger partial charge in [0, 0.05) is 36.6 Å². The highest BCUT2D eigenvalue weighted by Crippen LogP contribution is 2.30. The SMILES string of the molecule is CCS(=O)(=O)N1CCN(c2nc3cc(Cl)ccc3c3nnc(-c4ccco4)n23)CC1. The van der Waals surface area contributed by atoms with Gasteiger partial charge in [-0.1, -0.05) is 11.6 Å². The highest BCUT2D eigenvalue weighted by atomic mass is 35.5. The van der Waals surface area contributed by atoms with Gasteiger partial charge in [0.15, 0.2) is 11.4 Å². The molecule has 1 fully saturated rings. The Morgan fingerprint density at radius 2 is 1.93 bits per heavy atom. The number of sulfonamides is 1. The average Bonchev–Trinajstić information content (AvgIpc) is 3.43. The van der Waals surface area contributed by atoms with Crippen LogP contribution in [-0.4, -0.2) is 64.2 Å². The number of rotatable bonds is 4. The summed E-state index contributed by atoms with van der Waals surface area (Å²) in [5.74, 6) is 1.84. The van der Waals surface area contributed by atoms with E-state index in [2.05, 4.69) is 10.2 Å². The van der Waals surface area contributed by atoms with E-state index in [1.807, 2.05) is 21.4 Å². The summed E-state index contributed by atoms with van der Waals surface area (Å²) in [6.45, 7) is 3.45. The van der Waals surface area contributed by atoms with Gasteiger partial charge in [-0.25, -0.2) is 17.8 Å². The third-order valence-electron chi connectivity index (χ3n) is 5.31. The van der Waals surface area contributed by atoms with Gasteiger partial charge in [-0.05, 0) is 37.3 Å². The second-order valence-corrected chi connectivity index (χ2v) is 9.71. The Labute approximate surface area is 177 Å². The molecule has 0 N–H and O–H groups in total. The second-order valence-electron chi connectivity index (χ2n) is 7.02. The predicted octanol–water partition coefficient (Wildman–Crippen LogP) is 2.66. The van der Waals surface area contributed by atoms with Crippen LogP contribution in [0.25, 0.3) is 28.1 Å². The Bertz CT molecular complexity index is 1330. The molecule has 1 saturated heterocycles. The quantitative estimate of drug-likeness (QED) is 0.475. The standard InChI is InChI=1S/C19H19ClN6O3S/c1-2-30(27,28)25-9-7-24(8-10-25)19-21-15-12-13(20)5-6-14(15)17-22-23-18(26(17)19)16-4-3-11-29-16/h3-6,11-12H,2,7-10H2,1H3. The lowest BCUT2D eigenvalue weighted by Gasteiger charge is -2.34. The summed E-state index contributed by atoms with van der Waals surface area (Å²) in [7, 11) is -3.22. The number of anilines is 1. The van der Waals surface area contributed by atoms with Gasteiger partial charge in [-0.2, -0.15) is 4.31 Å². The fourth-order valence-electron chi connectivity index (χ4n) is 3.72. The number of nitrogens with zero attached hydrogens (tertiary/aromatic N) is 6. The maximum atomic E-state index is 12.2. The van der Waals surface area contributed by atoms with Crippen LogP contribution < -0.4 is 4.90 Å². The van der Waals surface area contributed by atoms with E-state index >= 15 is 0 Å². The summed E-state index contributed by atoms with van der Waals surface area (Å²) in [5.41, 5.74) is 1.34. The Kier molecular flexibility index (Phi) is 4.64. The molecule has 1 aliphatic heterocycles. The molecule has 0 radical (unpaired) electrons. The van der Waals surface area contributed by atoms with Crippen molar-refractivity contribution in [1.82, 2.24) is 23.9 Å². The highest BCUT2D eigenvalue weighted by Gasteiger charge is 2.28. The van der Waals surface area contributed by atoms with E-state index in [0.717, 1.165) is 5.39 Å². The number of piperazine rings is 1. The van der Waals surface area contributed by atoms with Crippen LogP contribution >= 0.6 is 11.6 Å². The zero-order chi connectivity index (χ0) is 20.9. The number of benzene rings is 1. The zero-order valence-corrected chi connectivity index (χ0v) is 17.8. The number of halogens is 1. The van der Waals surface area contributed by atoms with Crippen molar-refractivity contribution < 1.29 is 12.8 Å². The molecule has 0 spiro atoms. The molecular weight excluding hydrogens is 428 g/mol. The number of hydrogen-bond donors (Lipinski definition) is 0. The van der Waals surface area contributed by atoms with Gasteiger partial charge in [0.25, 0.3) is 0 Å². The zero-order valence-electron chi connectivity index (χ0n) is 16.2. The van der Waals surface area contributed by atoms with Crippen molar-refractivity contribution in [2.45, 2.75) is 6.92 Å². The molecule has 0 saturated carbocycles. The van der Waals surface area contributed by atoms with Crippen LogP contribution in [-0.2, 0) is 10.0 Å². The first kappa shape index (κ1) is 19.3. The molecule has 0 bridgehead atoms. The van der Waals surface area contributed by atoms with E-state index < -0.39 is 10.0 Å². The third-order valence-corrected chi connectivity index (χ3v) is 7.42. The van der Waals surface area contributed by atoms with Crippen molar-refractivity contribution in [3.8, 4) is 11.6 Å². The summed E-state index contributed by atoms with van der Waals surface area (Å²) < 4.78 is 33.4. The molecule has 0 aliphatic carbocycles. The minimum Gasteiger partial charge on any atom is -0.461 e. The van der Waals surface area contributed by atoms with E-state index in [-0.39, 0.29) is 5.75 Å². The van der Waals surface area contributed by atoms with Crippen molar-refractivity contribution in [2.75, 3.05) is 36.8 Å². The normalized spacial score (nSPS) is 16.0. The van der Waals surface area contributed by atoms with Crippen molar-refractivity contribution in [3.05, 3.63) is 41.6 Å². The summed E-state index contributed by atoms with van der Waals surface area (Å²) >= 11 is 6.19. The van der Waals surface area contributed by atoms with Crippen LogP contribution in [0, 0.1) is 0 Å². The van der Waals surface area contributed by atoms with Crippen LogP contribution in [0.15, 0.2) is 41.0 Å². The first-order chi connectivity index (χ1) is 14.5. The lowest BCUT2D eigenvalue weighted by molar-refractivity contribution is 0.383. The molecule has 9 nitrogen and oxygen atoms in total. The summed E-state index contributed by atoms with van der Waals surface area (Å²) in [6, 6.07) is 9.06. The number of hydrogen-bond acceptors (Lipinski definition) is 7. The van der Waals surface area contributed by atoms with Gasteiger partial charge in [-0.15, -0.1) is 10.2 Å². The molecule has 11 heteroatoms. The van der Waals surface area contributed by atoms with Gasteiger partial charge in [0.05, 0.1) is 17.5 Å². The van der Waals surface area contributed by atoms with Gasteiger partial charge >= 0.3 is 0 Å². The maximum Gasteiger partial charge on any atom is 0.213 e. The molecule has 3 aromatic heterocycles. The predicted molar refractivity (Wildman–Crippen MR) is 114 cm³/mol. The van der Waals surface area contributed by atoms with Crippen LogP contribution in [0.3, 0.4) is 0 Å². The topological polar surface area (TPSA) is 96.8 Å². The smallest absolute Gasteiger partial charge is 0.213 e. The molecule has 5 rings (SSSR count). The molecule has 4 aromatic rings. The molecular formula is C19H19ClN6O3S. The van der Waals surface area contributed by atoms with Crippen molar-refractivity contribution in [2.24, 2.45) is 0 Å². The second kappa shape index (κ2) is 7.22. The molecule has 0 unspecified atom stereocenters. The Hall–Kier alpha value is -2.69. The molecule has 0 amide bonds. The van der Waals surface area contributed by atoms with E-state index in [4.69, 9.17) is 21.0 Å². The fraction of sp³-hybridized carbons (Fsp3) is 0.316. The van der Waals surface area contributed by atoms with Crippen molar-refractivity contribution in [3.63, 3.8) is 0 Å². The fourth-order valence-corrected chi connectivity index (χ4v) is 4.97. The third kappa shape index (κ3) is 3.11. The monoisotopic (exact) mass is 446 g/mol. The van der Waals surface area contributed by atoms with Crippen molar-refractivity contribution in [1.29, 1.82) is 0 Å². The van der Waals surface area contributed by atoms with Gasteiger partial charge in [-0.3, -0.25) is 0 Å². The Morgan fingerprint density at radius 1 is 1.13 bits per heavy atom. The first-order valence-electron chi connectivity index (χ1n) is 9.59. The first-order valence-corrected chi connectivity index (χ1v) is 11.6.